The van der Waals surface area contributed by atoms with Crippen LogP contribution in [0.25, 0.3) is 10.9 Å². The highest BCUT2D eigenvalue weighted by molar-refractivity contribution is 5.77. The molecule has 0 atom stereocenters. The second-order valence-corrected chi connectivity index (χ2v) is 7.39. The SMILES string of the molecule is O=C(CCCCCn1nnc2ccccc2c1=O)NC1Cc2ccccc2C1. The third kappa shape index (κ3) is 4.11. The summed E-state index contributed by atoms with van der Waals surface area (Å²) in [6, 6.07) is 15.8. The van der Waals surface area contributed by atoms with Gasteiger partial charge in [0.15, 0.2) is 0 Å². The topological polar surface area (TPSA) is 76.9 Å². The fourth-order valence-corrected chi connectivity index (χ4v) is 3.85. The minimum Gasteiger partial charge on any atom is -0.353 e. The van der Waals surface area contributed by atoms with Crippen LogP contribution in [0.2, 0.25) is 0 Å². The van der Waals surface area contributed by atoms with Crippen molar-refractivity contribution in [2.45, 2.75) is 51.1 Å². The first-order chi connectivity index (χ1) is 13.7. The van der Waals surface area contributed by atoms with Crippen molar-refractivity contribution in [3.8, 4) is 0 Å². The monoisotopic (exact) mass is 376 g/mol. The molecule has 1 aromatic heterocycles. The first-order valence-electron chi connectivity index (χ1n) is 9.89. The number of fused-ring (bicyclic) bond motifs is 2. The Labute approximate surface area is 163 Å². The van der Waals surface area contributed by atoms with Crippen LogP contribution in [0.3, 0.4) is 0 Å². The Morgan fingerprint density at radius 1 is 1.00 bits per heavy atom. The van der Waals surface area contributed by atoms with Crippen LogP contribution < -0.4 is 10.9 Å². The molecule has 0 unspecified atom stereocenters. The number of nitrogens with one attached hydrogen (secondary N) is 1. The molecule has 0 bridgehead atoms. The largest absolute Gasteiger partial charge is 0.353 e. The fraction of sp³-hybridized carbons (Fsp3) is 0.364. The molecular weight excluding hydrogens is 352 g/mol. The maximum atomic E-state index is 12.4. The smallest absolute Gasteiger partial charge is 0.277 e. The maximum absolute atomic E-state index is 12.4. The van der Waals surface area contributed by atoms with E-state index in [0.29, 0.717) is 23.9 Å². The van der Waals surface area contributed by atoms with E-state index < -0.39 is 0 Å². The van der Waals surface area contributed by atoms with Gasteiger partial charge in [-0.2, -0.15) is 0 Å². The molecule has 0 saturated carbocycles. The van der Waals surface area contributed by atoms with Gasteiger partial charge < -0.3 is 5.32 Å². The third-order valence-corrected chi connectivity index (χ3v) is 5.32. The average Bonchev–Trinajstić information content (AvgIpc) is 3.11. The highest BCUT2D eigenvalue weighted by Crippen LogP contribution is 2.21. The molecule has 28 heavy (non-hydrogen) atoms. The Morgan fingerprint density at radius 3 is 2.50 bits per heavy atom. The Morgan fingerprint density at radius 2 is 1.71 bits per heavy atom. The van der Waals surface area contributed by atoms with E-state index in [4.69, 9.17) is 0 Å². The number of carbonyl (C=O) groups is 1. The number of benzene rings is 2. The molecule has 0 saturated heterocycles. The van der Waals surface area contributed by atoms with Crippen molar-refractivity contribution in [3.63, 3.8) is 0 Å². The summed E-state index contributed by atoms with van der Waals surface area (Å²) in [6.07, 6.45) is 4.84. The van der Waals surface area contributed by atoms with Gasteiger partial charge >= 0.3 is 0 Å². The van der Waals surface area contributed by atoms with Crippen LogP contribution in [-0.4, -0.2) is 26.9 Å². The number of aromatic nitrogens is 3. The summed E-state index contributed by atoms with van der Waals surface area (Å²) >= 11 is 0. The van der Waals surface area contributed by atoms with E-state index in [9.17, 15) is 9.59 Å². The van der Waals surface area contributed by atoms with Crippen LogP contribution in [0.1, 0.15) is 36.8 Å². The molecule has 0 spiro atoms. The number of hydrogen-bond donors (Lipinski definition) is 1. The van der Waals surface area contributed by atoms with Crippen LogP contribution in [0.4, 0.5) is 0 Å². The fourth-order valence-electron chi connectivity index (χ4n) is 3.85. The van der Waals surface area contributed by atoms with Crippen molar-refractivity contribution in [1.82, 2.24) is 20.3 Å². The zero-order valence-corrected chi connectivity index (χ0v) is 15.8. The molecule has 0 aliphatic heterocycles. The predicted octanol–water partition coefficient (Wildman–Crippen LogP) is 2.64. The van der Waals surface area contributed by atoms with Gasteiger partial charge in [0.25, 0.3) is 5.56 Å². The van der Waals surface area contributed by atoms with Gasteiger partial charge in [-0.25, -0.2) is 4.68 Å². The minimum atomic E-state index is -0.107. The van der Waals surface area contributed by atoms with Gasteiger partial charge in [-0.05, 0) is 48.9 Å². The van der Waals surface area contributed by atoms with Gasteiger partial charge in [-0.3, -0.25) is 9.59 Å². The zero-order chi connectivity index (χ0) is 19.3. The van der Waals surface area contributed by atoms with Gasteiger partial charge in [0.1, 0.15) is 5.52 Å². The van der Waals surface area contributed by atoms with Gasteiger partial charge in [-0.1, -0.05) is 48.0 Å². The van der Waals surface area contributed by atoms with E-state index in [0.717, 1.165) is 32.1 Å². The molecule has 1 N–H and O–H groups in total. The predicted molar refractivity (Wildman–Crippen MR) is 108 cm³/mol. The van der Waals surface area contributed by atoms with Crippen LogP contribution in [0.5, 0.6) is 0 Å². The van der Waals surface area contributed by atoms with Crippen LogP contribution in [-0.2, 0) is 24.2 Å². The molecule has 144 valence electrons. The second-order valence-electron chi connectivity index (χ2n) is 7.39. The number of hydrogen-bond acceptors (Lipinski definition) is 4. The van der Waals surface area contributed by atoms with Crippen molar-refractivity contribution in [2.75, 3.05) is 0 Å². The summed E-state index contributed by atoms with van der Waals surface area (Å²) in [4.78, 5) is 24.6. The van der Waals surface area contributed by atoms with Crippen molar-refractivity contribution in [2.24, 2.45) is 0 Å². The molecule has 0 radical (unpaired) electrons. The van der Waals surface area contributed by atoms with Crippen LogP contribution >= 0.6 is 0 Å². The lowest BCUT2D eigenvalue weighted by Gasteiger charge is -2.12. The van der Waals surface area contributed by atoms with Crippen LogP contribution in [0.15, 0.2) is 53.3 Å². The lowest BCUT2D eigenvalue weighted by atomic mass is 10.1. The standard InChI is InChI=1S/C22H24N4O2/c27-21(23-18-14-16-8-3-4-9-17(16)15-18)12-2-1-7-13-26-22(28)19-10-5-6-11-20(19)24-25-26/h3-6,8-11,18H,1-2,7,12-15H2,(H,23,27). The lowest BCUT2D eigenvalue weighted by molar-refractivity contribution is -0.121. The summed E-state index contributed by atoms with van der Waals surface area (Å²) in [7, 11) is 0. The molecule has 2 aromatic carbocycles. The van der Waals surface area contributed by atoms with Crippen molar-refractivity contribution in [3.05, 3.63) is 70.0 Å². The number of unbranched alkanes of at least 4 members (excludes halogenated alkanes) is 2. The summed E-state index contributed by atoms with van der Waals surface area (Å²) in [5.74, 6) is 0.112. The highest BCUT2D eigenvalue weighted by Gasteiger charge is 2.21. The van der Waals surface area contributed by atoms with E-state index in [1.807, 2.05) is 24.3 Å². The summed E-state index contributed by atoms with van der Waals surface area (Å²) in [5.41, 5.74) is 3.20. The van der Waals surface area contributed by atoms with Crippen LogP contribution in [0, 0.1) is 0 Å². The number of rotatable bonds is 7. The molecule has 4 rings (SSSR count). The van der Waals surface area contributed by atoms with Gasteiger partial charge in [0.2, 0.25) is 5.91 Å². The number of amides is 1. The molecule has 6 nitrogen and oxygen atoms in total. The maximum Gasteiger partial charge on any atom is 0.277 e. The molecule has 1 heterocycles. The number of aryl methyl sites for hydroxylation is 1. The Bertz CT molecular complexity index is 1020. The summed E-state index contributed by atoms with van der Waals surface area (Å²) in [5, 5.41) is 11.8. The Hall–Kier alpha value is -3.02. The third-order valence-electron chi connectivity index (χ3n) is 5.32. The Balaban J connectivity index is 1.19. The van der Waals surface area contributed by atoms with Gasteiger partial charge in [0, 0.05) is 19.0 Å². The van der Waals surface area contributed by atoms with Crippen molar-refractivity contribution in [1.29, 1.82) is 0 Å². The van der Waals surface area contributed by atoms with E-state index in [1.54, 1.807) is 12.1 Å². The van der Waals surface area contributed by atoms with Gasteiger partial charge in [0.05, 0.1) is 5.39 Å². The quantitative estimate of drug-likeness (QED) is 0.643. The number of carbonyl (C=O) groups excluding carboxylic acids is 1. The van der Waals surface area contributed by atoms with Crippen molar-refractivity contribution >= 4 is 16.8 Å². The first-order valence-corrected chi connectivity index (χ1v) is 9.89. The van der Waals surface area contributed by atoms with E-state index in [1.165, 1.54) is 15.8 Å². The molecule has 1 amide bonds. The van der Waals surface area contributed by atoms with Gasteiger partial charge in [-0.15, -0.1) is 5.10 Å². The average molecular weight is 376 g/mol. The molecule has 6 heteroatoms. The highest BCUT2D eigenvalue weighted by atomic mass is 16.1. The van der Waals surface area contributed by atoms with Crippen molar-refractivity contribution < 1.29 is 4.79 Å². The summed E-state index contributed by atoms with van der Waals surface area (Å²) < 4.78 is 1.41. The van der Waals surface area contributed by atoms with E-state index in [2.05, 4.69) is 27.8 Å². The molecular formula is C22H24N4O2. The first kappa shape index (κ1) is 18.3. The number of nitrogens with zero attached hydrogens (tertiary/aromatic N) is 3. The molecule has 1 aliphatic carbocycles. The molecule has 3 aromatic rings. The second kappa shape index (κ2) is 8.33. The normalized spacial score (nSPS) is 13.6. The summed E-state index contributed by atoms with van der Waals surface area (Å²) in [6.45, 7) is 0.524. The van der Waals surface area contributed by atoms with E-state index in [-0.39, 0.29) is 17.5 Å². The lowest BCUT2D eigenvalue weighted by Crippen LogP contribution is -2.35. The molecule has 1 aliphatic rings. The minimum absolute atomic E-state index is 0.107. The Kier molecular flexibility index (Phi) is 5.46. The van der Waals surface area contributed by atoms with E-state index >= 15 is 0 Å². The molecule has 0 fully saturated rings. The zero-order valence-electron chi connectivity index (χ0n) is 15.8.